The van der Waals surface area contributed by atoms with Crippen molar-refractivity contribution in [2.24, 2.45) is 10.8 Å². The van der Waals surface area contributed by atoms with Gasteiger partial charge in [0.25, 0.3) is 5.91 Å². The first kappa shape index (κ1) is 17.9. The van der Waals surface area contributed by atoms with E-state index in [9.17, 15) is 9.59 Å². The fraction of sp³-hybridized carbons (Fsp3) is 0.867. The van der Waals surface area contributed by atoms with Crippen LogP contribution in [-0.4, -0.2) is 24.5 Å². The van der Waals surface area contributed by atoms with Crippen LogP contribution < -0.4 is 5.32 Å². The van der Waals surface area contributed by atoms with Gasteiger partial charge in [-0.25, -0.2) is 0 Å². The summed E-state index contributed by atoms with van der Waals surface area (Å²) in [5, 5.41) is 2.97. The van der Waals surface area contributed by atoms with Gasteiger partial charge in [-0.2, -0.15) is 0 Å². The van der Waals surface area contributed by atoms with Crippen LogP contribution in [0.3, 0.4) is 0 Å². The normalized spacial score (nSPS) is 13.8. The van der Waals surface area contributed by atoms with E-state index in [0.29, 0.717) is 0 Å². The maximum absolute atomic E-state index is 11.7. The minimum Gasteiger partial charge on any atom is -0.456 e. The fourth-order valence-corrected chi connectivity index (χ4v) is 1.70. The lowest BCUT2D eigenvalue weighted by atomic mass is 9.79. The molecule has 0 rings (SSSR count). The Morgan fingerprint density at radius 2 is 1.63 bits per heavy atom. The molecule has 1 N–H and O–H groups in total. The average molecular weight is 271 g/mol. The van der Waals surface area contributed by atoms with Crippen molar-refractivity contribution < 1.29 is 14.3 Å². The molecule has 0 unspecified atom stereocenters. The molecule has 1 amide bonds. The highest BCUT2D eigenvalue weighted by atomic mass is 16.5. The Labute approximate surface area is 117 Å². The van der Waals surface area contributed by atoms with E-state index in [4.69, 9.17) is 4.74 Å². The van der Waals surface area contributed by atoms with E-state index < -0.39 is 5.97 Å². The summed E-state index contributed by atoms with van der Waals surface area (Å²) in [7, 11) is 0. The minimum atomic E-state index is -0.433. The van der Waals surface area contributed by atoms with Crippen molar-refractivity contribution in [3.63, 3.8) is 0 Å². The van der Waals surface area contributed by atoms with Crippen molar-refractivity contribution in [1.29, 1.82) is 0 Å². The number of hydrogen-bond donors (Lipinski definition) is 1. The van der Waals surface area contributed by atoms with Gasteiger partial charge in [0, 0.05) is 13.0 Å². The maximum Gasteiger partial charge on any atom is 0.303 e. The van der Waals surface area contributed by atoms with Gasteiger partial charge in [-0.15, -0.1) is 0 Å². The van der Waals surface area contributed by atoms with Crippen molar-refractivity contribution >= 4 is 11.9 Å². The van der Waals surface area contributed by atoms with Gasteiger partial charge in [0.05, 0.1) is 0 Å². The van der Waals surface area contributed by atoms with E-state index >= 15 is 0 Å². The Morgan fingerprint density at radius 3 is 2.00 bits per heavy atom. The van der Waals surface area contributed by atoms with Gasteiger partial charge in [0.1, 0.15) is 0 Å². The molecule has 0 saturated carbocycles. The molecule has 0 aromatic rings. The van der Waals surface area contributed by atoms with Crippen LogP contribution in [0.4, 0.5) is 0 Å². The third-order valence-electron chi connectivity index (χ3n) is 2.97. The zero-order valence-electron chi connectivity index (χ0n) is 13.4. The Morgan fingerprint density at radius 1 is 1.11 bits per heavy atom. The molecule has 1 atom stereocenters. The third kappa shape index (κ3) is 9.51. The second-order valence-corrected chi connectivity index (χ2v) is 7.37. The van der Waals surface area contributed by atoms with Crippen molar-refractivity contribution in [3.8, 4) is 0 Å². The maximum atomic E-state index is 11.7. The van der Waals surface area contributed by atoms with Gasteiger partial charge in [0.15, 0.2) is 6.61 Å². The number of esters is 1. The van der Waals surface area contributed by atoms with Gasteiger partial charge in [-0.1, -0.05) is 41.5 Å². The molecule has 0 fully saturated rings. The molecule has 112 valence electrons. The molecule has 0 aliphatic carbocycles. The lowest BCUT2D eigenvalue weighted by Gasteiger charge is -2.33. The smallest absolute Gasteiger partial charge is 0.303 e. The van der Waals surface area contributed by atoms with Gasteiger partial charge in [0.2, 0.25) is 0 Å². The number of rotatable bonds is 5. The number of ether oxygens (including phenoxy) is 1. The zero-order chi connectivity index (χ0) is 15.3. The van der Waals surface area contributed by atoms with E-state index in [1.165, 1.54) is 6.92 Å². The summed E-state index contributed by atoms with van der Waals surface area (Å²) in [5.41, 5.74) is 0.223. The molecular formula is C15H29NO3. The highest BCUT2D eigenvalue weighted by Gasteiger charge is 2.27. The van der Waals surface area contributed by atoms with Crippen molar-refractivity contribution in [2.45, 2.75) is 67.3 Å². The molecule has 0 aliphatic heterocycles. The van der Waals surface area contributed by atoms with Crippen LogP contribution in [-0.2, 0) is 14.3 Å². The summed E-state index contributed by atoms with van der Waals surface area (Å²) in [4.78, 5) is 22.4. The van der Waals surface area contributed by atoms with E-state index in [2.05, 4.69) is 46.9 Å². The van der Waals surface area contributed by atoms with E-state index in [1.807, 2.05) is 0 Å². The second-order valence-electron chi connectivity index (χ2n) is 7.37. The lowest BCUT2D eigenvalue weighted by Crippen LogP contribution is -2.45. The van der Waals surface area contributed by atoms with Crippen LogP contribution in [0.2, 0.25) is 0 Å². The molecule has 0 aromatic heterocycles. The summed E-state index contributed by atoms with van der Waals surface area (Å²) >= 11 is 0. The Kier molecular flexibility index (Phi) is 6.53. The monoisotopic (exact) mass is 271 g/mol. The predicted molar refractivity (Wildman–Crippen MR) is 76.7 cm³/mol. The van der Waals surface area contributed by atoms with Crippen LogP contribution in [0, 0.1) is 10.8 Å². The Bertz CT molecular complexity index is 310. The summed E-state index contributed by atoms with van der Waals surface area (Å²) in [6.07, 6.45) is 1.95. The second kappa shape index (κ2) is 6.92. The van der Waals surface area contributed by atoms with Crippen LogP contribution in [0.25, 0.3) is 0 Å². The number of nitrogens with one attached hydrogen (secondary N) is 1. The Hall–Kier alpha value is -1.06. The van der Waals surface area contributed by atoms with Crippen LogP contribution in [0.15, 0.2) is 0 Å². The first-order valence-electron chi connectivity index (χ1n) is 6.84. The molecule has 0 saturated heterocycles. The molecular weight excluding hydrogens is 242 g/mol. The number of carbonyl (C=O) groups is 2. The molecule has 0 aromatic carbocycles. The SMILES string of the molecule is CC(=O)OCC(=O)N[C@@H](CCC(C)(C)C)C(C)(C)C. The zero-order valence-corrected chi connectivity index (χ0v) is 13.4. The largest absolute Gasteiger partial charge is 0.456 e. The molecule has 4 heteroatoms. The fourth-order valence-electron chi connectivity index (χ4n) is 1.70. The first-order chi connectivity index (χ1) is 8.42. The topological polar surface area (TPSA) is 55.4 Å². The van der Waals surface area contributed by atoms with E-state index in [1.54, 1.807) is 0 Å². The molecule has 0 radical (unpaired) electrons. The van der Waals surface area contributed by atoms with Crippen LogP contribution in [0.1, 0.15) is 61.3 Å². The lowest BCUT2D eigenvalue weighted by molar-refractivity contribution is -0.146. The summed E-state index contributed by atoms with van der Waals surface area (Å²) in [5.74, 6) is -0.666. The van der Waals surface area contributed by atoms with Crippen LogP contribution >= 0.6 is 0 Å². The predicted octanol–water partition coefficient (Wildman–Crippen LogP) is 2.91. The number of carbonyl (C=O) groups excluding carboxylic acids is 2. The van der Waals surface area contributed by atoms with Gasteiger partial charge < -0.3 is 10.1 Å². The van der Waals surface area contributed by atoms with Crippen molar-refractivity contribution in [2.75, 3.05) is 6.61 Å². The van der Waals surface area contributed by atoms with E-state index in [-0.39, 0.29) is 29.4 Å². The third-order valence-corrected chi connectivity index (χ3v) is 2.97. The van der Waals surface area contributed by atoms with Gasteiger partial charge >= 0.3 is 5.97 Å². The van der Waals surface area contributed by atoms with Gasteiger partial charge in [-0.3, -0.25) is 9.59 Å². The molecule has 0 aliphatic rings. The quantitative estimate of drug-likeness (QED) is 0.782. The molecule has 0 spiro atoms. The standard InChI is InChI=1S/C15H29NO3/c1-11(17)19-10-13(18)16-12(15(5,6)7)8-9-14(2,3)4/h12H,8-10H2,1-7H3,(H,16,18)/t12-/m0/s1. The van der Waals surface area contributed by atoms with Crippen molar-refractivity contribution in [1.82, 2.24) is 5.32 Å². The molecule has 0 heterocycles. The van der Waals surface area contributed by atoms with Gasteiger partial charge in [-0.05, 0) is 23.7 Å². The highest BCUT2D eigenvalue weighted by Crippen LogP contribution is 2.28. The number of hydrogen-bond acceptors (Lipinski definition) is 3. The molecule has 19 heavy (non-hydrogen) atoms. The van der Waals surface area contributed by atoms with Crippen LogP contribution in [0.5, 0.6) is 0 Å². The first-order valence-corrected chi connectivity index (χ1v) is 6.84. The highest BCUT2D eigenvalue weighted by molar-refractivity contribution is 5.80. The molecule has 4 nitrogen and oxygen atoms in total. The molecule has 0 bridgehead atoms. The van der Waals surface area contributed by atoms with Crippen molar-refractivity contribution in [3.05, 3.63) is 0 Å². The van der Waals surface area contributed by atoms with E-state index in [0.717, 1.165) is 12.8 Å². The summed E-state index contributed by atoms with van der Waals surface area (Å²) in [6, 6.07) is 0.0785. The Balaban J connectivity index is 4.44. The number of amides is 1. The minimum absolute atomic E-state index is 0.0167. The summed E-state index contributed by atoms with van der Waals surface area (Å²) < 4.78 is 4.71. The average Bonchev–Trinajstić information content (AvgIpc) is 2.18. The summed E-state index contributed by atoms with van der Waals surface area (Å²) in [6.45, 7) is 14.0.